The third-order valence-electron chi connectivity index (χ3n) is 4.75. The zero-order chi connectivity index (χ0) is 18.1. The molecule has 0 aromatic carbocycles. The van der Waals surface area contributed by atoms with Crippen molar-refractivity contribution in [1.82, 2.24) is 25.0 Å². The second-order valence-corrected chi connectivity index (χ2v) is 7.25. The number of carbonyl (C=O) groups excluding carboxylic acids is 1. The average Bonchev–Trinajstić information content (AvgIpc) is 3.38. The Balaban J connectivity index is 1.52. The van der Waals surface area contributed by atoms with Crippen molar-refractivity contribution in [2.45, 2.75) is 26.7 Å². The van der Waals surface area contributed by atoms with E-state index in [2.05, 4.69) is 20.1 Å². The Morgan fingerprint density at radius 2 is 2.15 bits per heavy atom. The zero-order valence-electron chi connectivity index (χ0n) is 14.7. The topological polar surface area (TPSA) is 85.0 Å². The van der Waals surface area contributed by atoms with Gasteiger partial charge in [-0.2, -0.15) is 0 Å². The smallest absolute Gasteiger partial charge is 0.273 e. The van der Waals surface area contributed by atoms with Crippen LogP contribution in [0.4, 0.5) is 0 Å². The quantitative estimate of drug-likeness (QED) is 0.703. The van der Waals surface area contributed by atoms with Crippen molar-refractivity contribution < 1.29 is 9.32 Å². The maximum absolute atomic E-state index is 12.5. The number of aryl methyl sites for hydroxylation is 2. The average molecular weight is 369 g/mol. The molecule has 1 fully saturated rings. The fraction of sp³-hybridized carbons (Fsp3) is 0.389. The molecular weight excluding hydrogens is 350 g/mol. The third kappa shape index (κ3) is 3.12. The van der Waals surface area contributed by atoms with Gasteiger partial charge < -0.3 is 9.42 Å². The summed E-state index contributed by atoms with van der Waals surface area (Å²) in [7, 11) is 0. The summed E-state index contributed by atoms with van der Waals surface area (Å²) in [6.45, 7) is 5.27. The minimum absolute atomic E-state index is 0.0128. The van der Waals surface area contributed by atoms with Gasteiger partial charge in [0.05, 0.1) is 28.2 Å². The molecule has 1 aliphatic rings. The largest absolute Gasteiger partial charge is 0.361 e. The number of hydrogen-bond donors (Lipinski definition) is 0. The fourth-order valence-corrected chi connectivity index (χ4v) is 4.01. The van der Waals surface area contributed by atoms with Gasteiger partial charge in [-0.3, -0.25) is 14.8 Å². The van der Waals surface area contributed by atoms with Crippen molar-refractivity contribution in [2.24, 2.45) is 5.92 Å². The lowest BCUT2D eigenvalue weighted by Gasteiger charge is -2.15. The summed E-state index contributed by atoms with van der Waals surface area (Å²) in [5.41, 5.74) is 5.71. The number of rotatable bonds is 4. The molecule has 8 heteroatoms. The number of nitrogens with zero attached hydrogens (tertiary/aromatic N) is 5. The number of thiazole rings is 1. The summed E-state index contributed by atoms with van der Waals surface area (Å²) in [6, 6.07) is 0. The Bertz CT molecular complexity index is 902. The van der Waals surface area contributed by atoms with Crippen LogP contribution >= 0.6 is 11.3 Å². The highest BCUT2D eigenvalue weighted by molar-refractivity contribution is 7.07. The van der Waals surface area contributed by atoms with Gasteiger partial charge >= 0.3 is 0 Å². The Kier molecular flexibility index (Phi) is 4.50. The van der Waals surface area contributed by atoms with Crippen LogP contribution in [-0.2, 0) is 6.42 Å². The van der Waals surface area contributed by atoms with Crippen molar-refractivity contribution in [1.29, 1.82) is 0 Å². The molecule has 0 saturated carbocycles. The molecule has 1 aliphatic heterocycles. The molecule has 0 unspecified atom stereocenters. The second-order valence-electron chi connectivity index (χ2n) is 6.53. The van der Waals surface area contributed by atoms with Gasteiger partial charge in [0.25, 0.3) is 5.91 Å². The van der Waals surface area contributed by atoms with Crippen LogP contribution in [0.3, 0.4) is 0 Å². The number of likely N-dealkylation sites (tertiary alicyclic amines) is 1. The Labute approximate surface area is 155 Å². The molecule has 134 valence electrons. The molecule has 0 N–H and O–H groups in total. The summed E-state index contributed by atoms with van der Waals surface area (Å²) in [5.74, 6) is 1.11. The summed E-state index contributed by atoms with van der Waals surface area (Å²) in [5, 5.41) is 5.83. The number of amides is 1. The lowest BCUT2D eigenvalue weighted by atomic mass is 9.98. The van der Waals surface area contributed by atoms with E-state index in [1.807, 2.05) is 18.7 Å². The molecule has 4 rings (SSSR count). The van der Waals surface area contributed by atoms with E-state index in [0.29, 0.717) is 18.2 Å². The van der Waals surface area contributed by atoms with Crippen molar-refractivity contribution in [3.63, 3.8) is 0 Å². The molecule has 1 saturated heterocycles. The van der Waals surface area contributed by atoms with Crippen molar-refractivity contribution in [3.05, 3.63) is 46.1 Å². The van der Waals surface area contributed by atoms with E-state index in [9.17, 15) is 4.79 Å². The van der Waals surface area contributed by atoms with Crippen LogP contribution in [0.25, 0.3) is 11.3 Å². The predicted octanol–water partition coefficient (Wildman–Crippen LogP) is 2.91. The molecule has 1 atom stereocenters. The van der Waals surface area contributed by atoms with Crippen LogP contribution in [0.2, 0.25) is 0 Å². The first kappa shape index (κ1) is 16.8. The zero-order valence-corrected chi connectivity index (χ0v) is 15.5. The van der Waals surface area contributed by atoms with Crippen molar-refractivity contribution >= 4 is 17.2 Å². The highest BCUT2D eigenvalue weighted by Crippen LogP contribution is 2.30. The van der Waals surface area contributed by atoms with E-state index in [1.54, 1.807) is 23.3 Å². The van der Waals surface area contributed by atoms with E-state index < -0.39 is 0 Å². The lowest BCUT2D eigenvalue weighted by molar-refractivity contribution is 0.0782. The van der Waals surface area contributed by atoms with Gasteiger partial charge in [0, 0.05) is 30.9 Å². The molecule has 1 amide bonds. The van der Waals surface area contributed by atoms with Gasteiger partial charge in [0.15, 0.2) is 0 Å². The molecule has 0 spiro atoms. The van der Waals surface area contributed by atoms with Crippen LogP contribution in [-0.4, -0.2) is 44.0 Å². The number of aromatic nitrogens is 4. The maximum atomic E-state index is 12.5. The highest BCUT2D eigenvalue weighted by Gasteiger charge is 2.29. The molecule has 0 aliphatic carbocycles. The van der Waals surface area contributed by atoms with Crippen LogP contribution < -0.4 is 0 Å². The minimum Gasteiger partial charge on any atom is -0.361 e. The van der Waals surface area contributed by atoms with Gasteiger partial charge in [-0.05, 0) is 32.6 Å². The van der Waals surface area contributed by atoms with Crippen molar-refractivity contribution in [2.75, 3.05) is 13.1 Å². The first-order valence-corrected chi connectivity index (χ1v) is 9.48. The van der Waals surface area contributed by atoms with Crippen LogP contribution in [0.5, 0.6) is 0 Å². The van der Waals surface area contributed by atoms with Crippen LogP contribution in [0.1, 0.15) is 34.1 Å². The van der Waals surface area contributed by atoms with Crippen LogP contribution in [0, 0.1) is 19.8 Å². The van der Waals surface area contributed by atoms with Crippen molar-refractivity contribution in [3.8, 4) is 11.3 Å². The molecule has 26 heavy (non-hydrogen) atoms. The fourth-order valence-electron chi connectivity index (χ4n) is 3.48. The Hall–Kier alpha value is -2.61. The summed E-state index contributed by atoms with van der Waals surface area (Å²) in [6.07, 6.45) is 5.13. The summed E-state index contributed by atoms with van der Waals surface area (Å²) < 4.78 is 5.29. The number of carbonyl (C=O) groups is 1. The van der Waals surface area contributed by atoms with Gasteiger partial charge in [-0.1, -0.05) is 5.16 Å². The summed E-state index contributed by atoms with van der Waals surface area (Å²) in [4.78, 5) is 27.6. The summed E-state index contributed by atoms with van der Waals surface area (Å²) >= 11 is 1.44. The van der Waals surface area contributed by atoms with Gasteiger partial charge in [-0.15, -0.1) is 11.3 Å². The normalized spacial score (nSPS) is 17.0. The minimum atomic E-state index is 0.0128. The van der Waals surface area contributed by atoms with Gasteiger partial charge in [0.2, 0.25) is 0 Å². The van der Waals surface area contributed by atoms with E-state index in [1.165, 1.54) is 11.3 Å². The monoisotopic (exact) mass is 369 g/mol. The lowest BCUT2D eigenvalue weighted by Crippen LogP contribution is -2.29. The maximum Gasteiger partial charge on any atom is 0.273 e. The van der Waals surface area contributed by atoms with Gasteiger partial charge in [-0.25, -0.2) is 4.98 Å². The third-order valence-corrected chi connectivity index (χ3v) is 5.34. The first-order valence-electron chi connectivity index (χ1n) is 8.54. The molecule has 3 aromatic rings. The second kappa shape index (κ2) is 6.95. The standard InChI is InChI=1S/C18H19N5O2S/c1-11-16(12(2)25-22-11)17-14(19-4-5-20-17)7-13-3-6-23(8-13)18(24)15-9-26-10-21-15/h4-5,9-10,13H,3,6-8H2,1-2H3/t13-/m0/s1. The Morgan fingerprint density at radius 1 is 1.31 bits per heavy atom. The predicted molar refractivity (Wildman–Crippen MR) is 96.8 cm³/mol. The molecule has 3 aromatic heterocycles. The van der Waals surface area contributed by atoms with Crippen LogP contribution in [0.15, 0.2) is 27.8 Å². The van der Waals surface area contributed by atoms with E-state index in [-0.39, 0.29) is 5.91 Å². The van der Waals surface area contributed by atoms with E-state index in [0.717, 1.165) is 47.8 Å². The molecular formula is C18H19N5O2S. The molecule has 7 nitrogen and oxygen atoms in total. The molecule has 0 bridgehead atoms. The first-order chi connectivity index (χ1) is 12.6. The van der Waals surface area contributed by atoms with Gasteiger partial charge in [0.1, 0.15) is 11.5 Å². The van der Waals surface area contributed by atoms with E-state index >= 15 is 0 Å². The van der Waals surface area contributed by atoms with E-state index in [4.69, 9.17) is 4.52 Å². The molecule has 0 radical (unpaired) electrons. The Morgan fingerprint density at radius 3 is 2.88 bits per heavy atom. The number of hydrogen-bond acceptors (Lipinski definition) is 7. The SMILES string of the molecule is Cc1noc(C)c1-c1nccnc1C[C@@H]1CCN(C(=O)c2cscn2)C1. The molecule has 4 heterocycles. The highest BCUT2D eigenvalue weighted by atomic mass is 32.1.